The number of carbonyl (C=O) groups is 2. The lowest BCUT2D eigenvalue weighted by Crippen LogP contribution is -2.31. The van der Waals surface area contributed by atoms with Crippen molar-refractivity contribution < 1.29 is 23.8 Å². The molecule has 1 heterocycles. The molecule has 0 fully saturated rings. The predicted molar refractivity (Wildman–Crippen MR) is 95.3 cm³/mol. The number of benzene rings is 2. The van der Waals surface area contributed by atoms with Crippen LogP contribution in [0.15, 0.2) is 48.5 Å². The van der Waals surface area contributed by atoms with Crippen LogP contribution < -0.4 is 9.47 Å². The minimum Gasteiger partial charge on any atom is -0.490 e. The molecule has 136 valence electrons. The standard InChI is InChI=1S/C20H21NO5/c1-21(2)19(22)18(14-7-4-3-5-8-14)26-20(23)15-9-10-16-17(13-15)25-12-6-11-24-16/h3-5,7-10,13,18H,6,11-12H2,1-2H3/t18-/m1/s1. The zero-order chi connectivity index (χ0) is 18.5. The van der Waals surface area contributed by atoms with Crippen molar-refractivity contribution in [1.82, 2.24) is 4.90 Å². The first-order valence-electron chi connectivity index (χ1n) is 8.43. The van der Waals surface area contributed by atoms with Crippen LogP contribution in [0, 0.1) is 0 Å². The molecule has 0 radical (unpaired) electrons. The van der Waals surface area contributed by atoms with E-state index in [-0.39, 0.29) is 5.91 Å². The third-order valence-electron chi connectivity index (χ3n) is 3.98. The summed E-state index contributed by atoms with van der Waals surface area (Å²) in [6, 6.07) is 13.8. The van der Waals surface area contributed by atoms with Gasteiger partial charge in [-0.3, -0.25) is 4.79 Å². The van der Waals surface area contributed by atoms with E-state index in [1.54, 1.807) is 56.6 Å². The van der Waals surface area contributed by atoms with E-state index in [1.165, 1.54) is 4.90 Å². The molecule has 26 heavy (non-hydrogen) atoms. The number of fused-ring (bicyclic) bond motifs is 1. The molecule has 1 amide bonds. The summed E-state index contributed by atoms with van der Waals surface area (Å²) in [6.45, 7) is 1.10. The average Bonchev–Trinajstić information content (AvgIpc) is 2.90. The molecule has 6 heteroatoms. The summed E-state index contributed by atoms with van der Waals surface area (Å²) in [5.74, 6) is 0.207. The van der Waals surface area contributed by atoms with Gasteiger partial charge in [-0.2, -0.15) is 0 Å². The maximum atomic E-state index is 12.6. The van der Waals surface area contributed by atoms with E-state index >= 15 is 0 Å². The molecule has 1 aliphatic heterocycles. The Morgan fingerprint density at radius 2 is 1.69 bits per heavy atom. The Balaban J connectivity index is 1.84. The maximum Gasteiger partial charge on any atom is 0.339 e. The van der Waals surface area contributed by atoms with Gasteiger partial charge in [0.1, 0.15) is 0 Å². The smallest absolute Gasteiger partial charge is 0.339 e. The van der Waals surface area contributed by atoms with Gasteiger partial charge >= 0.3 is 5.97 Å². The van der Waals surface area contributed by atoms with Crippen LogP contribution in [0.4, 0.5) is 0 Å². The summed E-state index contributed by atoms with van der Waals surface area (Å²) in [4.78, 5) is 26.5. The summed E-state index contributed by atoms with van der Waals surface area (Å²) >= 11 is 0. The first-order valence-corrected chi connectivity index (χ1v) is 8.43. The monoisotopic (exact) mass is 355 g/mol. The van der Waals surface area contributed by atoms with Crippen LogP contribution in [0.5, 0.6) is 11.5 Å². The quantitative estimate of drug-likeness (QED) is 0.789. The molecule has 0 bridgehead atoms. The lowest BCUT2D eigenvalue weighted by Gasteiger charge is -2.21. The number of carbonyl (C=O) groups excluding carboxylic acids is 2. The maximum absolute atomic E-state index is 12.6. The summed E-state index contributed by atoms with van der Waals surface area (Å²) in [6.07, 6.45) is -0.225. The van der Waals surface area contributed by atoms with Crippen LogP contribution in [0.3, 0.4) is 0 Å². The minimum absolute atomic E-state index is 0.307. The fourth-order valence-electron chi connectivity index (χ4n) is 2.59. The number of amides is 1. The molecular weight excluding hydrogens is 334 g/mol. The first-order chi connectivity index (χ1) is 12.6. The molecule has 0 saturated heterocycles. The summed E-state index contributed by atoms with van der Waals surface area (Å²) in [5, 5.41) is 0. The van der Waals surface area contributed by atoms with Crippen LogP contribution in [-0.4, -0.2) is 44.1 Å². The molecule has 3 rings (SSSR count). The van der Waals surface area contributed by atoms with Crippen molar-refractivity contribution in [2.45, 2.75) is 12.5 Å². The SMILES string of the molecule is CN(C)C(=O)[C@H](OC(=O)c1ccc2c(c1)OCCCO2)c1ccccc1. The molecule has 0 spiro atoms. The van der Waals surface area contributed by atoms with E-state index in [9.17, 15) is 9.59 Å². The van der Waals surface area contributed by atoms with E-state index in [4.69, 9.17) is 14.2 Å². The Kier molecular flexibility index (Phi) is 5.41. The topological polar surface area (TPSA) is 65.1 Å². The summed E-state index contributed by atoms with van der Waals surface area (Å²) in [5.41, 5.74) is 0.927. The van der Waals surface area contributed by atoms with Gasteiger partial charge in [0, 0.05) is 26.1 Å². The average molecular weight is 355 g/mol. The summed E-state index contributed by atoms with van der Waals surface area (Å²) in [7, 11) is 3.25. The molecule has 0 N–H and O–H groups in total. The van der Waals surface area contributed by atoms with Gasteiger partial charge in [0.25, 0.3) is 5.91 Å². The van der Waals surface area contributed by atoms with Crippen molar-refractivity contribution in [3.05, 3.63) is 59.7 Å². The number of esters is 1. The fraction of sp³-hybridized carbons (Fsp3) is 0.300. The zero-order valence-electron chi connectivity index (χ0n) is 14.8. The summed E-state index contributed by atoms with van der Waals surface area (Å²) < 4.78 is 16.7. The van der Waals surface area contributed by atoms with E-state index in [0.29, 0.717) is 35.8 Å². The molecule has 2 aromatic carbocycles. The Morgan fingerprint density at radius 1 is 1.00 bits per heavy atom. The van der Waals surface area contributed by atoms with Gasteiger partial charge in [0.05, 0.1) is 18.8 Å². The third kappa shape index (κ3) is 3.96. The van der Waals surface area contributed by atoms with Crippen molar-refractivity contribution in [2.75, 3.05) is 27.3 Å². The van der Waals surface area contributed by atoms with E-state index in [0.717, 1.165) is 6.42 Å². The van der Waals surface area contributed by atoms with Crippen molar-refractivity contribution in [3.63, 3.8) is 0 Å². The number of rotatable bonds is 4. The van der Waals surface area contributed by atoms with E-state index in [2.05, 4.69) is 0 Å². The number of hydrogen-bond acceptors (Lipinski definition) is 5. The van der Waals surface area contributed by atoms with Crippen LogP contribution in [0.1, 0.15) is 28.4 Å². The van der Waals surface area contributed by atoms with Gasteiger partial charge in [-0.1, -0.05) is 30.3 Å². The van der Waals surface area contributed by atoms with Crippen LogP contribution in [-0.2, 0) is 9.53 Å². The number of hydrogen-bond donors (Lipinski definition) is 0. The molecule has 1 atom stereocenters. The van der Waals surface area contributed by atoms with Gasteiger partial charge in [-0.25, -0.2) is 4.79 Å². The molecule has 6 nitrogen and oxygen atoms in total. The molecular formula is C20H21NO5. The highest BCUT2D eigenvalue weighted by Crippen LogP contribution is 2.31. The lowest BCUT2D eigenvalue weighted by atomic mass is 10.1. The molecule has 0 aromatic heterocycles. The normalized spacial score (nSPS) is 14.1. The highest BCUT2D eigenvalue weighted by atomic mass is 16.5. The number of ether oxygens (including phenoxy) is 3. The number of likely N-dealkylation sites (N-methyl/N-ethyl adjacent to an activating group) is 1. The second kappa shape index (κ2) is 7.91. The van der Waals surface area contributed by atoms with Crippen molar-refractivity contribution in [2.24, 2.45) is 0 Å². The van der Waals surface area contributed by atoms with E-state index in [1.807, 2.05) is 6.07 Å². The highest BCUT2D eigenvalue weighted by molar-refractivity contribution is 5.93. The predicted octanol–water partition coefficient (Wildman–Crippen LogP) is 2.83. The van der Waals surface area contributed by atoms with Crippen LogP contribution in [0.25, 0.3) is 0 Å². The van der Waals surface area contributed by atoms with Crippen LogP contribution in [0.2, 0.25) is 0 Å². The van der Waals surface area contributed by atoms with Crippen molar-refractivity contribution in [1.29, 1.82) is 0 Å². The van der Waals surface area contributed by atoms with Gasteiger partial charge in [0.15, 0.2) is 11.5 Å². The Hall–Kier alpha value is -3.02. The van der Waals surface area contributed by atoms with Crippen LogP contribution >= 0.6 is 0 Å². The molecule has 0 saturated carbocycles. The molecule has 2 aromatic rings. The second-order valence-electron chi connectivity index (χ2n) is 6.14. The first kappa shape index (κ1) is 17.8. The minimum atomic E-state index is -1.00. The van der Waals surface area contributed by atoms with Gasteiger partial charge in [0.2, 0.25) is 6.10 Å². The van der Waals surface area contributed by atoms with Crippen molar-refractivity contribution >= 4 is 11.9 Å². The molecule has 0 aliphatic carbocycles. The lowest BCUT2D eigenvalue weighted by molar-refractivity contribution is -0.138. The molecule has 0 unspecified atom stereocenters. The second-order valence-corrected chi connectivity index (χ2v) is 6.14. The number of nitrogens with zero attached hydrogens (tertiary/aromatic N) is 1. The third-order valence-corrected chi connectivity index (χ3v) is 3.98. The Bertz CT molecular complexity index is 788. The Labute approximate surface area is 152 Å². The fourth-order valence-corrected chi connectivity index (χ4v) is 2.59. The van der Waals surface area contributed by atoms with Gasteiger partial charge in [-0.05, 0) is 18.2 Å². The van der Waals surface area contributed by atoms with Gasteiger partial charge < -0.3 is 19.1 Å². The highest BCUT2D eigenvalue weighted by Gasteiger charge is 2.27. The Morgan fingerprint density at radius 3 is 2.38 bits per heavy atom. The van der Waals surface area contributed by atoms with Gasteiger partial charge in [-0.15, -0.1) is 0 Å². The molecule has 1 aliphatic rings. The van der Waals surface area contributed by atoms with Crippen molar-refractivity contribution in [3.8, 4) is 11.5 Å². The van der Waals surface area contributed by atoms with E-state index < -0.39 is 12.1 Å². The largest absolute Gasteiger partial charge is 0.490 e. The zero-order valence-corrected chi connectivity index (χ0v) is 14.8.